The van der Waals surface area contributed by atoms with Crippen LogP contribution in [-0.4, -0.2) is 37.5 Å². The molecule has 1 atom stereocenters. The van der Waals surface area contributed by atoms with E-state index in [2.05, 4.69) is 5.32 Å². The zero-order chi connectivity index (χ0) is 20.5. The third-order valence-electron chi connectivity index (χ3n) is 5.62. The molecule has 0 saturated carbocycles. The van der Waals surface area contributed by atoms with Crippen molar-refractivity contribution in [3.8, 4) is 11.5 Å². The molecule has 0 aromatic heterocycles. The zero-order valence-electron chi connectivity index (χ0n) is 16.5. The van der Waals surface area contributed by atoms with Crippen LogP contribution in [0.3, 0.4) is 0 Å². The van der Waals surface area contributed by atoms with E-state index in [9.17, 15) is 14.0 Å². The van der Waals surface area contributed by atoms with E-state index in [1.807, 2.05) is 18.2 Å². The molecular weight excluding hydrogens is 375 g/mol. The van der Waals surface area contributed by atoms with Gasteiger partial charge in [0.15, 0.2) is 11.5 Å². The van der Waals surface area contributed by atoms with Gasteiger partial charge in [-0.25, -0.2) is 4.39 Å². The van der Waals surface area contributed by atoms with Crippen LogP contribution in [0.15, 0.2) is 30.3 Å². The number of nitrogens with zero attached hydrogens (tertiary/aromatic N) is 1. The minimum Gasteiger partial charge on any atom is -0.493 e. The lowest BCUT2D eigenvalue weighted by Crippen LogP contribution is -2.31. The van der Waals surface area contributed by atoms with Gasteiger partial charge in [-0.2, -0.15) is 0 Å². The highest BCUT2D eigenvalue weighted by Gasteiger charge is 2.33. The fraction of sp³-hybridized carbons (Fsp3) is 0.364. The first-order chi connectivity index (χ1) is 14.0. The fourth-order valence-electron chi connectivity index (χ4n) is 4.14. The summed E-state index contributed by atoms with van der Waals surface area (Å²) in [7, 11) is 3.14. The van der Waals surface area contributed by atoms with Crippen molar-refractivity contribution in [2.24, 2.45) is 0 Å². The first-order valence-corrected chi connectivity index (χ1v) is 9.67. The Labute approximate surface area is 168 Å². The summed E-state index contributed by atoms with van der Waals surface area (Å²) >= 11 is 0. The van der Waals surface area contributed by atoms with Crippen LogP contribution in [0.2, 0.25) is 0 Å². The molecule has 1 fully saturated rings. The highest BCUT2D eigenvalue weighted by Crippen LogP contribution is 2.38. The number of halogens is 1. The number of methoxy groups -OCH3 is 2. The van der Waals surface area contributed by atoms with Gasteiger partial charge in [0.05, 0.1) is 25.8 Å². The van der Waals surface area contributed by atoms with Crippen LogP contribution in [0.25, 0.3) is 0 Å². The van der Waals surface area contributed by atoms with Crippen LogP contribution in [0.4, 0.5) is 10.1 Å². The number of hydrogen-bond donors (Lipinski definition) is 1. The topological polar surface area (TPSA) is 67.9 Å². The largest absolute Gasteiger partial charge is 0.493 e. The standard InChI is InChI=1S/C22H23FN2O4/c1-28-19-7-5-14(11-20(19)29-2)18-4-3-9-25(18)22(27)15-10-13-6-8-21(26)24-17(13)12-16(15)23/h5,7,10-12,18H,3-4,6,8-9H2,1-2H3,(H,24,26)/t18-/m0/s1. The number of nitrogens with one attached hydrogen (secondary N) is 1. The van der Waals surface area contributed by atoms with Crippen molar-refractivity contribution in [2.45, 2.75) is 31.7 Å². The Morgan fingerprint density at radius 1 is 1.14 bits per heavy atom. The molecule has 29 heavy (non-hydrogen) atoms. The Hall–Kier alpha value is -3.09. The van der Waals surface area contributed by atoms with Crippen molar-refractivity contribution < 1.29 is 23.5 Å². The smallest absolute Gasteiger partial charge is 0.257 e. The van der Waals surface area contributed by atoms with Crippen molar-refractivity contribution in [2.75, 3.05) is 26.1 Å². The molecule has 0 unspecified atom stereocenters. The maximum atomic E-state index is 14.7. The van der Waals surface area contributed by atoms with Gasteiger partial charge in [0.2, 0.25) is 5.91 Å². The maximum Gasteiger partial charge on any atom is 0.257 e. The average molecular weight is 398 g/mol. The molecule has 4 rings (SSSR count). The minimum atomic E-state index is -0.617. The van der Waals surface area contributed by atoms with Gasteiger partial charge in [-0.3, -0.25) is 9.59 Å². The van der Waals surface area contributed by atoms with Crippen LogP contribution in [0.1, 0.15) is 46.8 Å². The van der Waals surface area contributed by atoms with Crippen LogP contribution in [0.5, 0.6) is 11.5 Å². The van der Waals surface area contributed by atoms with Crippen molar-refractivity contribution in [3.05, 3.63) is 52.8 Å². The molecule has 152 valence electrons. The average Bonchev–Trinajstić information content (AvgIpc) is 3.22. The first-order valence-electron chi connectivity index (χ1n) is 9.67. The van der Waals surface area contributed by atoms with Gasteiger partial charge in [-0.15, -0.1) is 0 Å². The van der Waals surface area contributed by atoms with Crippen LogP contribution in [0, 0.1) is 5.82 Å². The van der Waals surface area contributed by atoms with E-state index in [0.717, 1.165) is 24.0 Å². The number of hydrogen-bond acceptors (Lipinski definition) is 4. The number of amides is 2. The Balaban J connectivity index is 1.64. The number of ether oxygens (including phenoxy) is 2. The number of likely N-dealkylation sites (tertiary alicyclic amines) is 1. The number of carbonyl (C=O) groups excluding carboxylic acids is 2. The molecule has 1 N–H and O–H groups in total. The summed E-state index contributed by atoms with van der Waals surface area (Å²) in [5.41, 5.74) is 2.22. The van der Waals surface area contributed by atoms with E-state index in [1.54, 1.807) is 25.2 Å². The van der Waals surface area contributed by atoms with Crippen molar-refractivity contribution in [1.29, 1.82) is 0 Å². The summed E-state index contributed by atoms with van der Waals surface area (Å²) in [6, 6.07) is 8.27. The molecule has 6 nitrogen and oxygen atoms in total. The van der Waals surface area contributed by atoms with Crippen LogP contribution >= 0.6 is 0 Å². The van der Waals surface area contributed by atoms with Crippen molar-refractivity contribution >= 4 is 17.5 Å². The molecule has 0 spiro atoms. The summed E-state index contributed by atoms with van der Waals surface area (Å²) in [5.74, 6) is 0.132. The van der Waals surface area contributed by atoms with Gasteiger partial charge in [-0.05, 0) is 54.7 Å². The maximum absolute atomic E-state index is 14.7. The lowest BCUT2D eigenvalue weighted by atomic mass is 9.98. The third-order valence-corrected chi connectivity index (χ3v) is 5.62. The molecule has 1 saturated heterocycles. The predicted molar refractivity (Wildman–Crippen MR) is 106 cm³/mol. The van der Waals surface area contributed by atoms with E-state index in [-0.39, 0.29) is 23.4 Å². The SMILES string of the molecule is COc1ccc([C@@H]2CCCN2C(=O)c2cc3c(cc2F)NC(=O)CC3)cc1OC. The van der Waals surface area contributed by atoms with Crippen molar-refractivity contribution in [3.63, 3.8) is 0 Å². The van der Waals surface area contributed by atoms with Gasteiger partial charge in [0, 0.05) is 18.7 Å². The molecule has 7 heteroatoms. The van der Waals surface area contributed by atoms with Crippen LogP contribution in [-0.2, 0) is 11.2 Å². The summed E-state index contributed by atoms with van der Waals surface area (Å²) in [5, 5.41) is 2.66. The number of anilines is 1. The van der Waals surface area contributed by atoms with Gasteiger partial charge in [0.25, 0.3) is 5.91 Å². The van der Waals surface area contributed by atoms with Gasteiger partial charge in [-0.1, -0.05) is 6.07 Å². The lowest BCUT2D eigenvalue weighted by molar-refractivity contribution is -0.116. The Morgan fingerprint density at radius 3 is 2.69 bits per heavy atom. The molecule has 2 aromatic rings. The molecule has 0 radical (unpaired) electrons. The highest BCUT2D eigenvalue weighted by atomic mass is 19.1. The summed E-state index contributed by atoms with van der Waals surface area (Å²) in [4.78, 5) is 26.5. The molecule has 0 bridgehead atoms. The molecule has 2 aromatic carbocycles. The first kappa shape index (κ1) is 19.2. The Bertz CT molecular complexity index is 976. The lowest BCUT2D eigenvalue weighted by Gasteiger charge is -2.27. The second-order valence-electron chi connectivity index (χ2n) is 7.31. The van der Waals surface area contributed by atoms with E-state index in [4.69, 9.17) is 9.47 Å². The second kappa shape index (κ2) is 7.73. The summed E-state index contributed by atoms with van der Waals surface area (Å²) in [6.07, 6.45) is 2.47. The Kier molecular flexibility index (Phi) is 5.13. The number of fused-ring (bicyclic) bond motifs is 1. The van der Waals surface area contributed by atoms with Gasteiger partial charge >= 0.3 is 0 Å². The molecular formula is C22H23FN2O4. The number of rotatable bonds is 4. The van der Waals surface area contributed by atoms with Crippen LogP contribution < -0.4 is 14.8 Å². The van der Waals surface area contributed by atoms with E-state index >= 15 is 0 Å². The quantitative estimate of drug-likeness (QED) is 0.853. The number of benzene rings is 2. The minimum absolute atomic E-state index is 0.0484. The molecule has 2 aliphatic heterocycles. The van der Waals surface area contributed by atoms with E-state index in [1.165, 1.54) is 6.07 Å². The monoisotopic (exact) mass is 398 g/mol. The summed E-state index contributed by atoms with van der Waals surface area (Å²) < 4.78 is 25.4. The van der Waals surface area contributed by atoms with E-state index < -0.39 is 5.82 Å². The normalized spacial score (nSPS) is 18.2. The molecule has 0 aliphatic carbocycles. The fourth-order valence-corrected chi connectivity index (χ4v) is 4.14. The number of carbonyl (C=O) groups is 2. The molecule has 2 aliphatic rings. The van der Waals surface area contributed by atoms with E-state index in [0.29, 0.717) is 36.6 Å². The van der Waals surface area contributed by atoms with Gasteiger partial charge in [0.1, 0.15) is 5.82 Å². The zero-order valence-corrected chi connectivity index (χ0v) is 16.5. The summed E-state index contributed by atoms with van der Waals surface area (Å²) in [6.45, 7) is 0.561. The second-order valence-corrected chi connectivity index (χ2v) is 7.31. The third kappa shape index (κ3) is 3.52. The Morgan fingerprint density at radius 2 is 1.93 bits per heavy atom. The van der Waals surface area contributed by atoms with Gasteiger partial charge < -0.3 is 19.7 Å². The predicted octanol–water partition coefficient (Wildman–Crippen LogP) is 3.70. The molecule has 2 amide bonds. The highest BCUT2D eigenvalue weighted by molar-refractivity contribution is 5.98. The number of aryl methyl sites for hydroxylation is 1. The molecule has 2 heterocycles. The van der Waals surface area contributed by atoms with Crippen molar-refractivity contribution in [1.82, 2.24) is 4.90 Å².